The number of methoxy groups -OCH3 is 1. The zero-order chi connectivity index (χ0) is 12.3. The SMILES string of the molecule is CCOC(C)(C)CNCCCOCCOC. The van der Waals surface area contributed by atoms with Crippen molar-refractivity contribution in [3.63, 3.8) is 0 Å². The van der Waals surface area contributed by atoms with Crippen LogP contribution in [0.4, 0.5) is 0 Å². The molecule has 0 bridgehead atoms. The van der Waals surface area contributed by atoms with E-state index in [1.54, 1.807) is 7.11 Å². The van der Waals surface area contributed by atoms with Crippen LogP contribution in [0.5, 0.6) is 0 Å². The lowest BCUT2D eigenvalue weighted by Gasteiger charge is -2.24. The second-order valence-electron chi connectivity index (χ2n) is 4.33. The summed E-state index contributed by atoms with van der Waals surface area (Å²) >= 11 is 0. The Balaban J connectivity index is 3.20. The maximum Gasteiger partial charge on any atom is 0.0750 e. The van der Waals surface area contributed by atoms with Crippen LogP contribution in [0.15, 0.2) is 0 Å². The normalized spacial score (nSPS) is 12.0. The Bertz CT molecular complexity index is 151. The highest BCUT2D eigenvalue weighted by Crippen LogP contribution is 2.06. The average molecular weight is 233 g/mol. The van der Waals surface area contributed by atoms with E-state index < -0.39 is 0 Å². The van der Waals surface area contributed by atoms with E-state index in [-0.39, 0.29) is 5.60 Å². The predicted octanol–water partition coefficient (Wildman–Crippen LogP) is 1.44. The second-order valence-corrected chi connectivity index (χ2v) is 4.33. The van der Waals surface area contributed by atoms with Gasteiger partial charge in [-0.3, -0.25) is 0 Å². The van der Waals surface area contributed by atoms with E-state index in [2.05, 4.69) is 19.2 Å². The fourth-order valence-corrected chi connectivity index (χ4v) is 1.37. The number of hydrogen-bond donors (Lipinski definition) is 1. The Kier molecular flexibility index (Phi) is 9.92. The van der Waals surface area contributed by atoms with E-state index in [1.165, 1.54) is 0 Å². The van der Waals surface area contributed by atoms with Gasteiger partial charge in [0.2, 0.25) is 0 Å². The van der Waals surface area contributed by atoms with Gasteiger partial charge in [-0.25, -0.2) is 0 Å². The van der Waals surface area contributed by atoms with Gasteiger partial charge in [-0.1, -0.05) is 0 Å². The lowest BCUT2D eigenvalue weighted by molar-refractivity contribution is -0.00910. The Hall–Kier alpha value is -0.160. The molecule has 0 aliphatic carbocycles. The first kappa shape index (κ1) is 15.8. The van der Waals surface area contributed by atoms with Gasteiger partial charge >= 0.3 is 0 Å². The highest BCUT2D eigenvalue weighted by molar-refractivity contribution is 4.71. The molecule has 1 N–H and O–H groups in total. The van der Waals surface area contributed by atoms with Crippen LogP contribution in [-0.4, -0.2) is 52.2 Å². The van der Waals surface area contributed by atoms with Crippen molar-refractivity contribution in [2.45, 2.75) is 32.8 Å². The molecule has 0 amide bonds. The van der Waals surface area contributed by atoms with Gasteiger partial charge in [0.25, 0.3) is 0 Å². The van der Waals surface area contributed by atoms with Gasteiger partial charge < -0.3 is 19.5 Å². The monoisotopic (exact) mass is 233 g/mol. The van der Waals surface area contributed by atoms with Gasteiger partial charge in [0.1, 0.15) is 0 Å². The average Bonchev–Trinajstić information content (AvgIpc) is 2.22. The molecule has 16 heavy (non-hydrogen) atoms. The molecule has 0 aromatic heterocycles. The van der Waals surface area contributed by atoms with Crippen LogP contribution in [0.25, 0.3) is 0 Å². The minimum absolute atomic E-state index is 0.0777. The molecule has 0 aromatic rings. The van der Waals surface area contributed by atoms with Crippen molar-refractivity contribution in [1.29, 1.82) is 0 Å². The molecule has 4 heteroatoms. The molecule has 0 atom stereocenters. The summed E-state index contributed by atoms with van der Waals surface area (Å²) in [5.74, 6) is 0. The van der Waals surface area contributed by atoms with Crippen LogP contribution >= 0.6 is 0 Å². The summed E-state index contributed by atoms with van der Waals surface area (Å²) in [6, 6.07) is 0. The standard InChI is InChI=1S/C12H27NO3/c1-5-16-12(2,3)11-13-7-6-8-15-10-9-14-4/h13H,5-11H2,1-4H3. The zero-order valence-corrected chi connectivity index (χ0v) is 11.2. The second kappa shape index (κ2) is 10.0. The van der Waals surface area contributed by atoms with Crippen molar-refractivity contribution in [1.82, 2.24) is 5.32 Å². The molecule has 0 spiro atoms. The van der Waals surface area contributed by atoms with Crippen molar-refractivity contribution in [2.75, 3.05) is 46.6 Å². The van der Waals surface area contributed by atoms with Gasteiger partial charge in [-0.2, -0.15) is 0 Å². The summed E-state index contributed by atoms with van der Waals surface area (Å²) < 4.78 is 15.8. The number of rotatable bonds is 11. The lowest BCUT2D eigenvalue weighted by Crippen LogP contribution is -2.38. The van der Waals surface area contributed by atoms with E-state index in [4.69, 9.17) is 14.2 Å². The molecule has 0 heterocycles. The van der Waals surface area contributed by atoms with Crippen molar-refractivity contribution >= 4 is 0 Å². The van der Waals surface area contributed by atoms with Crippen LogP contribution < -0.4 is 5.32 Å². The Morgan fingerprint density at radius 3 is 2.50 bits per heavy atom. The third kappa shape index (κ3) is 10.4. The van der Waals surface area contributed by atoms with Gasteiger partial charge in [-0.15, -0.1) is 0 Å². The predicted molar refractivity (Wildman–Crippen MR) is 65.9 cm³/mol. The third-order valence-corrected chi connectivity index (χ3v) is 2.16. The van der Waals surface area contributed by atoms with Crippen LogP contribution in [0.1, 0.15) is 27.2 Å². The quantitative estimate of drug-likeness (QED) is 0.548. The van der Waals surface area contributed by atoms with Crippen LogP contribution in [0.3, 0.4) is 0 Å². The Morgan fingerprint density at radius 2 is 1.88 bits per heavy atom. The molecule has 0 rings (SSSR count). The first-order valence-electron chi connectivity index (χ1n) is 6.03. The molecule has 0 radical (unpaired) electrons. The molecular formula is C12H27NO3. The molecule has 0 aromatic carbocycles. The lowest BCUT2D eigenvalue weighted by atomic mass is 10.1. The van der Waals surface area contributed by atoms with E-state index in [1.807, 2.05) is 6.92 Å². The summed E-state index contributed by atoms with van der Waals surface area (Å²) in [7, 11) is 1.68. The molecule has 0 unspecified atom stereocenters. The highest BCUT2D eigenvalue weighted by Gasteiger charge is 2.15. The first-order valence-corrected chi connectivity index (χ1v) is 6.03. The summed E-state index contributed by atoms with van der Waals surface area (Å²) in [4.78, 5) is 0. The topological polar surface area (TPSA) is 39.7 Å². The summed E-state index contributed by atoms with van der Waals surface area (Å²) in [5, 5.41) is 3.37. The summed E-state index contributed by atoms with van der Waals surface area (Å²) in [6.45, 7) is 10.9. The van der Waals surface area contributed by atoms with E-state index in [9.17, 15) is 0 Å². The summed E-state index contributed by atoms with van der Waals surface area (Å²) in [5.41, 5.74) is -0.0777. The molecule has 0 saturated carbocycles. The van der Waals surface area contributed by atoms with Gasteiger partial charge in [0, 0.05) is 26.9 Å². The van der Waals surface area contributed by atoms with Gasteiger partial charge in [-0.05, 0) is 33.7 Å². The van der Waals surface area contributed by atoms with Gasteiger partial charge in [0.05, 0.1) is 18.8 Å². The third-order valence-electron chi connectivity index (χ3n) is 2.16. The smallest absolute Gasteiger partial charge is 0.0750 e. The molecule has 98 valence electrons. The molecule has 0 aliphatic rings. The highest BCUT2D eigenvalue weighted by atomic mass is 16.5. The Labute approximate surface area is 99.6 Å². The van der Waals surface area contributed by atoms with Crippen molar-refractivity contribution in [3.05, 3.63) is 0 Å². The Morgan fingerprint density at radius 1 is 1.12 bits per heavy atom. The fourth-order valence-electron chi connectivity index (χ4n) is 1.37. The number of ether oxygens (including phenoxy) is 3. The van der Waals surface area contributed by atoms with Crippen molar-refractivity contribution in [3.8, 4) is 0 Å². The van der Waals surface area contributed by atoms with E-state index in [0.717, 1.165) is 32.7 Å². The first-order chi connectivity index (χ1) is 7.62. The molecule has 4 nitrogen and oxygen atoms in total. The maximum absolute atomic E-state index is 5.58. The van der Waals surface area contributed by atoms with Crippen LogP contribution in [-0.2, 0) is 14.2 Å². The fraction of sp³-hybridized carbons (Fsp3) is 1.00. The van der Waals surface area contributed by atoms with E-state index in [0.29, 0.717) is 13.2 Å². The zero-order valence-electron chi connectivity index (χ0n) is 11.2. The van der Waals surface area contributed by atoms with E-state index >= 15 is 0 Å². The largest absolute Gasteiger partial charge is 0.382 e. The van der Waals surface area contributed by atoms with Crippen LogP contribution in [0.2, 0.25) is 0 Å². The maximum atomic E-state index is 5.58. The molecular weight excluding hydrogens is 206 g/mol. The molecule has 0 fully saturated rings. The number of hydrogen-bond acceptors (Lipinski definition) is 4. The van der Waals surface area contributed by atoms with Crippen molar-refractivity contribution in [2.24, 2.45) is 0 Å². The minimum atomic E-state index is -0.0777. The van der Waals surface area contributed by atoms with Gasteiger partial charge in [0.15, 0.2) is 0 Å². The molecule has 0 aliphatic heterocycles. The number of nitrogens with one attached hydrogen (secondary N) is 1. The van der Waals surface area contributed by atoms with Crippen molar-refractivity contribution < 1.29 is 14.2 Å². The molecule has 0 saturated heterocycles. The van der Waals surface area contributed by atoms with Crippen LogP contribution in [0, 0.1) is 0 Å². The minimum Gasteiger partial charge on any atom is -0.382 e. The summed E-state index contributed by atoms with van der Waals surface area (Å²) in [6.07, 6.45) is 1.02.